The molecule has 0 amide bonds. The highest BCUT2D eigenvalue weighted by Gasteiger charge is 2.49. The lowest BCUT2D eigenvalue weighted by Gasteiger charge is -2.44. The summed E-state index contributed by atoms with van der Waals surface area (Å²) >= 11 is 0. The van der Waals surface area contributed by atoms with Gasteiger partial charge in [0.15, 0.2) is 52.4 Å². The van der Waals surface area contributed by atoms with Crippen molar-refractivity contribution in [2.75, 3.05) is 0 Å². The zero-order chi connectivity index (χ0) is 30.9. The van der Waals surface area contributed by atoms with Crippen LogP contribution in [0.5, 0.6) is 0 Å². The normalized spacial score (nSPS) is 11.9. The molecule has 0 spiro atoms. The van der Waals surface area contributed by atoms with Crippen molar-refractivity contribution in [2.24, 2.45) is 0 Å². The van der Waals surface area contributed by atoms with Crippen molar-refractivity contribution >= 4 is 28.0 Å². The Bertz CT molecular complexity index is 1510. The van der Waals surface area contributed by atoms with Crippen LogP contribution < -0.4 is 21.9 Å². The van der Waals surface area contributed by atoms with E-state index in [1.54, 1.807) is 0 Å². The van der Waals surface area contributed by atoms with Gasteiger partial charge in [-0.05, 0) is 6.07 Å². The minimum absolute atomic E-state index is 0.178. The Morgan fingerprint density at radius 1 is 0.317 bits per heavy atom. The van der Waals surface area contributed by atoms with E-state index in [1.165, 1.54) is 0 Å². The summed E-state index contributed by atoms with van der Waals surface area (Å²) in [7, 11) is 0. The van der Waals surface area contributed by atoms with Gasteiger partial charge < -0.3 is 0 Å². The Balaban J connectivity index is 2.57. The van der Waals surface area contributed by atoms with E-state index in [1.807, 2.05) is 0 Å². The molecule has 41 heavy (non-hydrogen) atoms. The minimum atomic E-state index is -5.98. The average Bonchev–Trinajstić information content (AvgIpc) is 2.94. The molecule has 4 aromatic rings. The molecule has 4 rings (SSSR count). The van der Waals surface area contributed by atoms with Crippen LogP contribution in [0.25, 0.3) is 0 Å². The molecule has 0 unspecified atom stereocenters. The van der Waals surface area contributed by atoms with Gasteiger partial charge in [0, 0.05) is 0 Å². The first kappa shape index (κ1) is 29.8. The summed E-state index contributed by atoms with van der Waals surface area (Å²) in [5.41, 5.74) is -10.3. The van der Waals surface area contributed by atoms with E-state index in [0.29, 0.717) is 12.1 Å². The average molecular weight is 607 g/mol. The summed E-state index contributed by atoms with van der Waals surface area (Å²) < 4.78 is 234. The third-order valence-electron chi connectivity index (χ3n) is 6.38. The van der Waals surface area contributed by atoms with E-state index in [2.05, 4.69) is 0 Å². The van der Waals surface area contributed by atoms with Gasteiger partial charge in [-0.25, -0.2) is 70.2 Å². The van der Waals surface area contributed by atoms with Crippen molar-refractivity contribution in [1.82, 2.24) is 0 Å². The van der Waals surface area contributed by atoms with Crippen LogP contribution in [0.1, 0.15) is 0 Å². The van der Waals surface area contributed by atoms with Crippen molar-refractivity contribution < 1.29 is 70.2 Å². The number of benzene rings is 4. The zero-order valence-electron chi connectivity index (χ0n) is 18.9. The SMILES string of the molecule is Fc1cccc([B-](c2c(F)c(F)c(F)c(F)c2F)(c2c(F)c(F)c(F)c(F)c2F)c2c(F)c(F)c(F)c(F)c2F)c1. The lowest BCUT2D eigenvalue weighted by Crippen LogP contribution is -2.79. The van der Waals surface area contributed by atoms with Gasteiger partial charge in [-0.2, -0.15) is 5.46 Å². The van der Waals surface area contributed by atoms with E-state index < -0.39 is 121 Å². The van der Waals surface area contributed by atoms with E-state index in [-0.39, 0.29) is 12.1 Å². The molecule has 0 aliphatic carbocycles. The van der Waals surface area contributed by atoms with Crippen molar-refractivity contribution in [3.8, 4) is 0 Å². The fraction of sp³-hybridized carbons (Fsp3) is 0. The number of halogens is 16. The van der Waals surface area contributed by atoms with Gasteiger partial charge in [-0.15, -0.1) is 16.4 Å². The third kappa shape index (κ3) is 3.95. The monoisotopic (exact) mass is 607 g/mol. The summed E-state index contributed by atoms with van der Waals surface area (Å²) in [6.45, 7) is 0. The van der Waals surface area contributed by atoms with Crippen LogP contribution in [0.4, 0.5) is 70.2 Å². The van der Waals surface area contributed by atoms with Crippen LogP contribution in [0, 0.1) is 93.1 Å². The van der Waals surface area contributed by atoms with Crippen LogP contribution in [0.2, 0.25) is 0 Å². The molecule has 0 radical (unpaired) electrons. The molecule has 17 heteroatoms. The maximum absolute atomic E-state index is 15.3. The first-order valence-electron chi connectivity index (χ1n) is 10.5. The van der Waals surface area contributed by atoms with Gasteiger partial charge in [0.1, 0.15) is 46.9 Å². The quantitative estimate of drug-likeness (QED) is 0.128. The molecule has 0 fully saturated rings. The molecule has 216 valence electrons. The predicted molar refractivity (Wildman–Crippen MR) is 109 cm³/mol. The van der Waals surface area contributed by atoms with Crippen LogP contribution >= 0.6 is 0 Å². The van der Waals surface area contributed by atoms with Gasteiger partial charge in [-0.1, -0.05) is 18.2 Å². The Kier molecular flexibility index (Phi) is 7.29. The molecule has 0 bridgehead atoms. The molecule has 0 aromatic heterocycles. The lowest BCUT2D eigenvalue weighted by molar-refractivity contribution is 0.380. The van der Waals surface area contributed by atoms with E-state index >= 15 is 26.3 Å². The van der Waals surface area contributed by atoms with E-state index in [4.69, 9.17) is 0 Å². The summed E-state index contributed by atoms with van der Waals surface area (Å²) in [5, 5.41) is 0. The number of hydrogen-bond acceptors (Lipinski definition) is 0. The molecule has 0 aliphatic heterocycles. The van der Waals surface area contributed by atoms with Crippen LogP contribution in [-0.2, 0) is 0 Å². The van der Waals surface area contributed by atoms with Crippen molar-refractivity contribution in [3.05, 3.63) is 117 Å². The molecule has 0 aliphatic rings. The summed E-state index contributed by atoms with van der Waals surface area (Å²) in [4.78, 5) is 0. The topological polar surface area (TPSA) is 0 Å². The first-order chi connectivity index (χ1) is 19.0. The zero-order valence-corrected chi connectivity index (χ0v) is 18.9. The van der Waals surface area contributed by atoms with E-state index in [0.717, 1.165) is 0 Å². The molecule has 0 saturated carbocycles. The van der Waals surface area contributed by atoms with Gasteiger partial charge in [0.25, 0.3) is 0 Å². The standard InChI is InChI=1S/C24H4BF16/c26-6-3-1-2-5(4-6)25(7-10(27)16(33)22(39)17(34)11(7)28,8-12(29)18(35)23(40)19(36)13(8)30)9-14(31)20(37)24(41)21(38)15(9)32/h1-4H/q-1. The maximum atomic E-state index is 15.3. The highest BCUT2D eigenvalue weighted by atomic mass is 19.2. The number of rotatable bonds is 4. The largest absolute Gasteiger partial charge is 0.207 e. The minimum Gasteiger partial charge on any atom is -0.207 e. The van der Waals surface area contributed by atoms with Gasteiger partial charge in [0.05, 0.1) is 0 Å². The fourth-order valence-corrected chi connectivity index (χ4v) is 4.72. The lowest BCUT2D eigenvalue weighted by atomic mass is 9.12. The van der Waals surface area contributed by atoms with Crippen LogP contribution in [0.3, 0.4) is 0 Å². The Labute approximate surface area is 216 Å². The highest BCUT2D eigenvalue weighted by molar-refractivity contribution is 7.20. The van der Waals surface area contributed by atoms with Crippen LogP contribution in [0.15, 0.2) is 24.3 Å². The fourth-order valence-electron chi connectivity index (χ4n) is 4.72. The number of hydrogen-bond donors (Lipinski definition) is 0. The maximum Gasteiger partial charge on any atom is 0.200 e. The van der Waals surface area contributed by atoms with Gasteiger partial charge >= 0.3 is 0 Å². The van der Waals surface area contributed by atoms with Crippen LogP contribution in [-0.4, -0.2) is 6.15 Å². The van der Waals surface area contributed by atoms with Crippen molar-refractivity contribution in [3.63, 3.8) is 0 Å². The van der Waals surface area contributed by atoms with Crippen molar-refractivity contribution in [2.45, 2.75) is 0 Å². The second kappa shape index (κ2) is 10.0. The predicted octanol–water partition coefficient (Wildman–Crippen LogP) is 5.29. The molecule has 0 nitrogen and oxygen atoms in total. The molecule has 0 heterocycles. The molecular formula is C24H4BF16-. The highest BCUT2D eigenvalue weighted by Crippen LogP contribution is 2.28. The summed E-state index contributed by atoms with van der Waals surface area (Å²) in [6, 6.07) is 0.788. The second-order valence-electron chi connectivity index (χ2n) is 8.37. The van der Waals surface area contributed by atoms with Gasteiger partial charge in [0.2, 0.25) is 0 Å². The third-order valence-corrected chi connectivity index (χ3v) is 6.38. The first-order valence-corrected chi connectivity index (χ1v) is 10.5. The molecule has 0 saturated heterocycles. The smallest absolute Gasteiger partial charge is 0.200 e. The summed E-state index contributed by atoms with van der Waals surface area (Å²) in [6.07, 6.45) is -5.98. The molecular weight excluding hydrogens is 603 g/mol. The molecule has 0 atom stereocenters. The summed E-state index contributed by atoms with van der Waals surface area (Å²) in [5.74, 6) is -48.7. The Morgan fingerprint density at radius 3 is 0.805 bits per heavy atom. The van der Waals surface area contributed by atoms with Crippen molar-refractivity contribution in [1.29, 1.82) is 0 Å². The van der Waals surface area contributed by atoms with Gasteiger partial charge in [-0.3, -0.25) is 0 Å². The molecule has 0 N–H and O–H groups in total. The Hall–Kier alpha value is -4.18. The molecule has 4 aromatic carbocycles. The Morgan fingerprint density at radius 2 is 0.561 bits per heavy atom. The van der Waals surface area contributed by atoms with E-state index in [9.17, 15) is 43.9 Å². The second-order valence-corrected chi connectivity index (χ2v) is 8.37.